The van der Waals surface area contributed by atoms with Crippen LogP contribution in [0.1, 0.15) is 59.3 Å². The van der Waals surface area contributed by atoms with Crippen LogP contribution in [0.4, 0.5) is 0 Å². The van der Waals surface area contributed by atoms with E-state index in [1.807, 2.05) is 6.92 Å². The Morgan fingerprint density at radius 2 is 1.67 bits per heavy atom. The molecule has 12 heavy (non-hydrogen) atoms. The van der Waals surface area contributed by atoms with Crippen LogP contribution in [0, 0.1) is 5.92 Å². The Kier molecular flexibility index (Phi) is 7.58. The molecule has 0 amide bonds. The Hall–Kier alpha value is -0.0400. The van der Waals surface area contributed by atoms with Crippen LogP contribution in [-0.4, -0.2) is 11.2 Å². The van der Waals surface area contributed by atoms with Crippen LogP contribution in [0.5, 0.6) is 0 Å². The normalized spacial score (nSPS) is 16.0. The van der Waals surface area contributed by atoms with Gasteiger partial charge in [-0.2, -0.15) is 0 Å². The van der Waals surface area contributed by atoms with E-state index in [1.54, 1.807) is 0 Å². The first kappa shape index (κ1) is 12.0. The molecule has 1 nitrogen and oxygen atoms in total. The summed E-state index contributed by atoms with van der Waals surface area (Å²) in [4.78, 5) is 0. The molecule has 0 heterocycles. The van der Waals surface area contributed by atoms with E-state index in [4.69, 9.17) is 5.11 Å². The minimum Gasteiger partial charge on any atom is -0.393 e. The van der Waals surface area contributed by atoms with Gasteiger partial charge < -0.3 is 5.11 Å². The van der Waals surface area contributed by atoms with Gasteiger partial charge in [-0.15, -0.1) is 0 Å². The summed E-state index contributed by atoms with van der Waals surface area (Å²) in [5.41, 5.74) is 0. The van der Waals surface area contributed by atoms with Gasteiger partial charge >= 0.3 is 0 Å². The molecule has 0 aliphatic rings. The summed E-state index contributed by atoms with van der Waals surface area (Å²) in [6.07, 6.45) is 7.40. The van der Waals surface area contributed by atoms with Crippen molar-refractivity contribution in [2.45, 2.75) is 65.4 Å². The standard InChI is InChI=1S/C11H24O/c1-4-5-6-7-10(2)8-9-11(3)12/h10-12H,4-9H2,1-3H3. The monoisotopic (exact) mass is 172 g/mol. The van der Waals surface area contributed by atoms with E-state index in [0.29, 0.717) is 0 Å². The number of hydrogen-bond donors (Lipinski definition) is 1. The Labute approximate surface area is 77.2 Å². The Bertz CT molecular complexity index is 89.0. The number of unbranched alkanes of at least 4 members (excludes halogenated alkanes) is 2. The molecular formula is C11H24O. The highest BCUT2D eigenvalue weighted by atomic mass is 16.3. The highest BCUT2D eigenvalue weighted by molar-refractivity contribution is 4.56. The van der Waals surface area contributed by atoms with Gasteiger partial charge in [0, 0.05) is 0 Å². The molecule has 0 aromatic heterocycles. The minimum absolute atomic E-state index is 0.112. The van der Waals surface area contributed by atoms with Crippen molar-refractivity contribution in [2.24, 2.45) is 5.92 Å². The molecular weight excluding hydrogens is 148 g/mol. The number of hydrogen-bond acceptors (Lipinski definition) is 1. The second kappa shape index (κ2) is 7.60. The van der Waals surface area contributed by atoms with Gasteiger partial charge in [-0.05, 0) is 25.7 Å². The third kappa shape index (κ3) is 8.06. The smallest absolute Gasteiger partial charge is 0.0512 e. The van der Waals surface area contributed by atoms with Gasteiger partial charge in [0.15, 0.2) is 0 Å². The van der Waals surface area contributed by atoms with Gasteiger partial charge in [0.05, 0.1) is 6.10 Å². The van der Waals surface area contributed by atoms with Gasteiger partial charge in [0.1, 0.15) is 0 Å². The molecule has 0 aliphatic heterocycles. The van der Waals surface area contributed by atoms with Crippen molar-refractivity contribution >= 4 is 0 Å². The molecule has 74 valence electrons. The largest absolute Gasteiger partial charge is 0.393 e. The SMILES string of the molecule is CCCCCC(C)CCC(C)O. The van der Waals surface area contributed by atoms with Crippen molar-refractivity contribution in [3.63, 3.8) is 0 Å². The predicted octanol–water partition coefficient (Wildman–Crippen LogP) is 3.36. The molecule has 0 radical (unpaired) electrons. The van der Waals surface area contributed by atoms with Crippen LogP contribution in [-0.2, 0) is 0 Å². The van der Waals surface area contributed by atoms with Crippen molar-refractivity contribution in [3.8, 4) is 0 Å². The fourth-order valence-electron chi connectivity index (χ4n) is 1.41. The van der Waals surface area contributed by atoms with Crippen molar-refractivity contribution < 1.29 is 5.11 Å². The van der Waals surface area contributed by atoms with Crippen molar-refractivity contribution in [1.29, 1.82) is 0 Å². The lowest BCUT2D eigenvalue weighted by Crippen LogP contribution is -2.03. The maximum atomic E-state index is 9.07. The molecule has 1 N–H and O–H groups in total. The Morgan fingerprint density at radius 1 is 1.00 bits per heavy atom. The summed E-state index contributed by atoms with van der Waals surface area (Å²) in [7, 11) is 0. The summed E-state index contributed by atoms with van der Waals surface area (Å²) in [5, 5.41) is 9.07. The number of rotatable bonds is 7. The van der Waals surface area contributed by atoms with Crippen LogP contribution in [0.25, 0.3) is 0 Å². The molecule has 0 saturated heterocycles. The first-order valence-corrected chi connectivity index (χ1v) is 5.34. The molecule has 0 rings (SSSR count). The quantitative estimate of drug-likeness (QED) is 0.584. The fraction of sp³-hybridized carbons (Fsp3) is 1.00. The molecule has 1 heteroatoms. The molecule has 0 aromatic carbocycles. The summed E-state index contributed by atoms with van der Waals surface area (Å²) in [6.45, 7) is 6.40. The molecule has 0 aromatic rings. The zero-order valence-electron chi connectivity index (χ0n) is 8.84. The first-order chi connectivity index (χ1) is 5.66. The number of aliphatic hydroxyl groups excluding tert-OH is 1. The summed E-state index contributed by atoms with van der Waals surface area (Å²) in [5.74, 6) is 0.797. The van der Waals surface area contributed by atoms with Crippen molar-refractivity contribution in [3.05, 3.63) is 0 Å². The van der Waals surface area contributed by atoms with Gasteiger partial charge in [-0.3, -0.25) is 0 Å². The van der Waals surface area contributed by atoms with Gasteiger partial charge in [-0.1, -0.05) is 39.5 Å². The third-order valence-corrected chi connectivity index (χ3v) is 2.38. The lowest BCUT2D eigenvalue weighted by molar-refractivity contribution is 0.173. The van der Waals surface area contributed by atoms with E-state index >= 15 is 0 Å². The van der Waals surface area contributed by atoms with E-state index < -0.39 is 0 Å². The molecule has 0 fully saturated rings. The maximum absolute atomic E-state index is 9.07. The van der Waals surface area contributed by atoms with E-state index in [2.05, 4.69) is 13.8 Å². The third-order valence-electron chi connectivity index (χ3n) is 2.38. The van der Waals surface area contributed by atoms with E-state index in [9.17, 15) is 0 Å². The highest BCUT2D eigenvalue weighted by Crippen LogP contribution is 2.15. The average molecular weight is 172 g/mol. The lowest BCUT2D eigenvalue weighted by Gasteiger charge is -2.11. The zero-order chi connectivity index (χ0) is 9.40. The van der Waals surface area contributed by atoms with Gasteiger partial charge in [0.25, 0.3) is 0 Å². The topological polar surface area (TPSA) is 20.2 Å². The predicted molar refractivity (Wildman–Crippen MR) is 54.2 cm³/mol. The highest BCUT2D eigenvalue weighted by Gasteiger charge is 2.03. The molecule has 2 atom stereocenters. The van der Waals surface area contributed by atoms with E-state index in [0.717, 1.165) is 12.3 Å². The Morgan fingerprint density at radius 3 is 2.17 bits per heavy atom. The summed E-state index contributed by atoms with van der Waals surface area (Å²) in [6, 6.07) is 0. The zero-order valence-corrected chi connectivity index (χ0v) is 8.84. The second-order valence-corrected chi connectivity index (χ2v) is 4.03. The van der Waals surface area contributed by atoms with Crippen molar-refractivity contribution in [2.75, 3.05) is 0 Å². The average Bonchev–Trinajstić information content (AvgIpc) is 2.01. The summed E-state index contributed by atoms with van der Waals surface area (Å²) >= 11 is 0. The van der Waals surface area contributed by atoms with Crippen LogP contribution in [0.3, 0.4) is 0 Å². The summed E-state index contributed by atoms with van der Waals surface area (Å²) < 4.78 is 0. The number of aliphatic hydroxyl groups is 1. The Balaban J connectivity index is 3.15. The van der Waals surface area contributed by atoms with E-state index in [-0.39, 0.29) is 6.10 Å². The van der Waals surface area contributed by atoms with E-state index in [1.165, 1.54) is 32.1 Å². The second-order valence-electron chi connectivity index (χ2n) is 4.03. The fourth-order valence-corrected chi connectivity index (χ4v) is 1.41. The molecule has 0 saturated carbocycles. The van der Waals surface area contributed by atoms with Crippen LogP contribution < -0.4 is 0 Å². The molecule has 2 unspecified atom stereocenters. The first-order valence-electron chi connectivity index (χ1n) is 5.34. The van der Waals surface area contributed by atoms with Gasteiger partial charge in [-0.25, -0.2) is 0 Å². The molecule has 0 bridgehead atoms. The maximum Gasteiger partial charge on any atom is 0.0512 e. The molecule has 0 aliphatic carbocycles. The van der Waals surface area contributed by atoms with Crippen molar-refractivity contribution in [1.82, 2.24) is 0 Å². The van der Waals surface area contributed by atoms with Crippen LogP contribution in [0.2, 0.25) is 0 Å². The lowest BCUT2D eigenvalue weighted by atomic mass is 9.97. The molecule has 0 spiro atoms. The van der Waals surface area contributed by atoms with Crippen LogP contribution >= 0.6 is 0 Å². The van der Waals surface area contributed by atoms with Gasteiger partial charge in [0.2, 0.25) is 0 Å². The minimum atomic E-state index is -0.112. The van der Waals surface area contributed by atoms with Crippen LogP contribution in [0.15, 0.2) is 0 Å².